The van der Waals surface area contributed by atoms with Crippen molar-refractivity contribution in [1.82, 2.24) is 4.98 Å². The van der Waals surface area contributed by atoms with E-state index in [0.717, 1.165) is 34.2 Å². The molecule has 0 atom stereocenters. The standard InChI is InChI=1S/C24H26ClNO3/c1-4-28-22(27)15-20-23(17-8-6-5-7-9-17)19-14-18(29-13-12-16(2)3)10-11-21(19)26-24(20)25/h5-11,14,16H,4,12-13,15H2,1-3H3. The molecule has 0 aliphatic carbocycles. The van der Waals surface area contributed by atoms with Crippen molar-refractivity contribution in [3.63, 3.8) is 0 Å². The molecule has 4 nitrogen and oxygen atoms in total. The number of rotatable bonds is 8. The van der Waals surface area contributed by atoms with Gasteiger partial charge in [-0.2, -0.15) is 0 Å². The van der Waals surface area contributed by atoms with Crippen LogP contribution in [0, 0.1) is 5.92 Å². The first-order chi connectivity index (χ1) is 14.0. The average molecular weight is 412 g/mol. The number of hydrogen-bond acceptors (Lipinski definition) is 4. The van der Waals surface area contributed by atoms with Crippen LogP contribution in [0.15, 0.2) is 48.5 Å². The van der Waals surface area contributed by atoms with Crippen molar-refractivity contribution in [2.45, 2.75) is 33.6 Å². The molecule has 0 amide bonds. The zero-order valence-electron chi connectivity index (χ0n) is 17.1. The third-order valence-electron chi connectivity index (χ3n) is 4.66. The molecule has 3 aromatic rings. The Hall–Kier alpha value is -2.59. The summed E-state index contributed by atoms with van der Waals surface area (Å²) in [6.45, 7) is 7.11. The van der Waals surface area contributed by atoms with E-state index >= 15 is 0 Å². The van der Waals surface area contributed by atoms with Crippen LogP contribution in [0.25, 0.3) is 22.0 Å². The molecular formula is C24H26ClNO3. The lowest BCUT2D eigenvalue weighted by atomic mass is 9.94. The first-order valence-corrected chi connectivity index (χ1v) is 10.3. The third-order valence-corrected chi connectivity index (χ3v) is 4.97. The Morgan fingerprint density at radius 2 is 1.90 bits per heavy atom. The molecular weight excluding hydrogens is 386 g/mol. The van der Waals surface area contributed by atoms with Crippen LogP contribution in [0.4, 0.5) is 0 Å². The van der Waals surface area contributed by atoms with Gasteiger partial charge in [-0.25, -0.2) is 4.98 Å². The quantitative estimate of drug-likeness (QED) is 0.332. The molecule has 5 heteroatoms. The molecule has 0 spiro atoms. The van der Waals surface area contributed by atoms with Gasteiger partial charge in [-0.1, -0.05) is 55.8 Å². The van der Waals surface area contributed by atoms with E-state index in [1.54, 1.807) is 6.92 Å². The molecule has 2 aromatic carbocycles. The highest BCUT2D eigenvalue weighted by Crippen LogP contribution is 2.37. The van der Waals surface area contributed by atoms with Gasteiger partial charge in [0.25, 0.3) is 0 Å². The second-order valence-corrected chi connectivity index (χ2v) is 7.67. The molecule has 0 unspecified atom stereocenters. The van der Waals surface area contributed by atoms with Crippen molar-refractivity contribution in [2.24, 2.45) is 5.92 Å². The van der Waals surface area contributed by atoms with Gasteiger partial charge in [0.1, 0.15) is 10.9 Å². The smallest absolute Gasteiger partial charge is 0.310 e. The van der Waals surface area contributed by atoms with Gasteiger partial charge in [0, 0.05) is 10.9 Å². The summed E-state index contributed by atoms with van der Waals surface area (Å²) in [6, 6.07) is 15.7. The predicted molar refractivity (Wildman–Crippen MR) is 117 cm³/mol. The second-order valence-electron chi connectivity index (χ2n) is 7.31. The van der Waals surface area contributed by atoms with Gasteiger partial charge in [0.2, 0.25) is 0 Å². The third kappa shape index (κ3) is 5.27. The van der Waals surface area contributed by atoms with E-state index in [2.05, 4.69) is 18.8 Å². The molecule has 0 aliphatic rings. The minimum Gasteiger partial charge on any atom is -0.494 e. The highest BCUT2D eigenvalue weighted by atomic mass is 35.5. The number of esters is 1. The minimum atomic E-state index is -0.322. The van der Waals surface area contributed by atoms with Gasteiger partial charge in [-0.3, -0.25) is 4.79 Å². The molecule has 0 saturated heterocycles. The van der Waals surface area contributed by atoms with Gasteiger partial charge < -0.3 is 9.47 Å². The Morgan fingerprint density at radius 1 is 1.14 bits per heavy atom. The Morgan fingerprint density at radius 3 is 2.59 bits per heavy atom. The van der Waals surface area contributed by atoms with Gasteiger partial charge in [-0.15, -0.1) is 0 Å². The zero-order valence-corrected chi connectivity index (χ0v) is 17.8. The van der Waals surface area contributed by atoms with Crippen LogP contribution < -0.4 is 4.74 Å². The SMILES string of the molecule is CCOC(=O)Cc1c(Cl)nc2ccc(OCCC(C)C)cc2c1-c1ccccc1. The maximum atomic E-state index is 12.2. The predicted octanol–water partition coefficient (Wildman–Crippen LogP) is 6.09. The number of fused-ring (bicyclic) bond motifs is 1. The summed E-state index contributed by atoms with van der Waals surface area (Å²) in [5, 5.41) is 1.22. The largest absolute Gasteiger partial charge is 0.494 e. The van der Waals surface area contributed by atoms with Crippen molar-refractivity contribution < 1.29 is 14.3 Å². The van der Waals surface area contributed by atoms with Crippen molar-refractivity contribution in [3.8, 4) is 16.9 Å². The normalized spacial score (nSPS) is 11.1. The Kier molecular flexibility index (Phi) is 7.10. The van der Waals surface area contributed by atoms with E-state index < -0.39 is 0 Å². The lowest BCUT2D eigenvalue weighted by molar-refractivity contribution is -0.142. The molecule has 1 aromatic heterocycles. The molecule has 0 fully saturated rings. The first kappa shape index (κ1) is 21.1. The number of benzene rings is 2. The monoisotopic (exact) mass is 411 g/mol. The molecule has 0 aliphatic heterocycles. The highest BCUT2D eigenvalue weighted by molar-refractivity contribution is 6.31. The summed E-state index contributed by atoms with van der Waals surface area (Å²) in [7, 11) is 0. The van der Waals surface area contributed by atoms with E-state index in [4.69, 9.17) is 21.1 Å². The van der Waals surface area contributed by atoms with E-state index in [1.807, 2.05) is 48.5 Å². The van der Waals surface area contributed by atoms with Crippen LogP contribution in [-0.2, 0) is 16.0 Å². The maximum absolute atomic E-state index is 12.2. The second kappa shape index (κ2) is 9.75. The average Bonchev–Trinajstić information content (AvgIpc) is 2.69. The Balaban J connectivity index is 2.12. The molecule has 1 heterocycles. The van der Waals surface area contributed by atoms with E-state index in [9.17, 15) is 4.79 Å². The van der Waals surface area contributed by atoms with E-state index in [1.165, 1.54) is 0 Å². The van der Waals surface area contributed by atoms with Gasteiger partial charge in [0.05, 0.1) is 25.2 Å². The Bertz CT molecular complexity index is 986. The first-order valence-electron chi connectivity index (χ1n) is 9.95. The van der Waals surface area contributed by atoms with Crippen LogP contribution in [0.1, 0.15) is 32.8 Å². The molecule has 0 bridgehead atoms. The fourth-order valence-electron chi connectivity index (χ4n) is 3.21. The number of carbonyl (C=O) groups is 1. The number of halogens is 1. The summed E-state index contributed by atoms with van der Waals surface area (Å²) in [5.41, 5.74) is 3.30. The van der Waals surface area contributed by atoms with Gasteiger partial charge >= 0.3 is 5.97 Å². The fraction of sp³-hybridized carbons (Fsp3) is 0.333. The van der Waals surface area contributed by atoms with Crippen molar-refractivity contribution in [2.75, 3.05) is 13.2 Å². The van der Waals surface area contributed by atoms with Crippen molar-refractivity contribution in [3.05, 3.63) is 59.2 Å². The summed E-state index contributed by atoms with van der Waals surface area (Å²) in [6.07, 6.45) is 1.05. The van der Waals surface area contributed by atoms with Gasteiger partial charge in [0.15, 0.2) is 0 Å². The topological polar surface area (TPSA) is 48.4 Å². The van der Waals surface area contributed by atoms with E-state index in [-0.39, 0.29) is 12.4 Å². The fourth-order valence-corrected chi connectivity index (χ4v) is 3.46. The number of ether oxygens (including phenoxy) is 2. The number of hydrogen-bond donors (Lipinski definition) is 0. The number of aromatic nitrogens is 1. The molecule has 0 N–H and O–H groups in total. The summed E-state index contributed by atoms with van der Waals surface area (Å²) in [4.78, 5) is 16.7. The summed E-state index contributed by atoms with van der Waals surface area (Å²) >= 11 is 6.51. The number of carbonyl (C=O) groups excluding carboxylic acids is 1. The van der Waals surface area contributed by atoms with Crippen LogP contribution in [-0.4, -0.2) is 24.2 Å². The molecule has 0 saturated carbocycles. The van der Waals surface area contributed by atoms with E-state index in [0.29, 0.717) is 29.8 Å². The van der Waals surface area contributed by atoms with Crippen molar-refractivity contribution >= 4 is 28.5 Å². The van der Waals surface area contributed by atoms with Crippen LogP contribution in [0.2, 0.25) is 5.15 Å². The molecule has 3 rings (SSSR count). The number of pyridine rings is 1. The van der Waals surface area contributed by atoms with Crippen LogP contribution in [0.5, 0.6) is 5.75 Å². The molecule has 152 valence electrons. The van der Waals surface area contributed by atoms with Crippen LogP contribution in [0.3, 0.4) is 0 Å². The molecule has 0 radical (unpaired) electrons. The summed E-state index contributed by atoms with van der Waals surface area (Å²) in [5.74, 6) is 1.03. The lowest BCUT2D eigenvalue weighted by Crippen LogP contribution is -2.10. The summed E-state index contributed by atoms with van der Waals surface area (Å²) < 4.78 is 11.1. The van der Waals surface area contributed by atoms with Crippen LogP contribution >= 0.6 is 11.6 Å². The van der Waals surface area contributed by atoms with Gasteiger partial charge in [-0.05, 0) is 48.6 Å². The zero-order chi connectivity index (χ0) is 20.8. The molecule has 29 heavy (non-hydrogen) atoms. The lowest BCUT2D eigenvalue weighted by Gasteiger charge is -2.16. The minimum absolute atomic E-state index is 0.0677. The van der Waals surface area contributed by atoms with Crippen molar-refractivity contribution in [1.29, 1.82) is 0 Å². The maximum Gasteiger partial charge on any atom is 0.310 e. The number of nitrogens with zero attached hydrogens (tertiary/aromatic N) is 1. The highest BCUT2D eigenvalue weighted by Gasteiger charge is 2.19. The Labute approximate surface area is 176 Å².